The van der Waals surface area contributed by atoms with Crippen molar-refractivity contribution in [3.05, 3.63) is 45.8 Å². The van der Waals surface area contributed by atoms with Gasteiger partial charge in [-0.05, 0) is 88.8 Å². The summed E-state index contributed by atoms with van der Waals surface area (Å²) in [5, 5.41) is 0. The van der Waals surface area contributed by atoms with Crippen LogP contribution in [0.5, 0.6) is 0 Å². The zero-order valence-corrected chi connectivity index (χ0v) is 24.0. The number of hydrogen-bond donors (Lipinski definition) is 0. The number of nitrogens with zero attached hydrogens (tertiary/aromatic N) is 2. The summed E-state index contributed by atoms with van der Waals surface area (Å²) in [7, 11) is 0. The Bertz CT molecular complexity index is 1230. The van der Waals surface area contributed by atoms with Gasteiger partial charge in [0.1, 0.15) is 0 Å². The first kappa shape index (κ1) is 29.2. The number of hydrogen-bond acceptors (Lipinski definition) is 10. The molecule has 0 saturated carbocycles. The molecule has 0 radical (unpaired) electrons. The Labute approximate surface area is 233 Å². The SMILES string of the molecule is CCOC(=O)C1(C(=O)OCC)Cc2cc(C)nc(-c3nc(C)cc4c3CC(C(=O)OCC)(C(=O)OCC)C4)c2C1. The monoisotopic (exact) mass is 552 g/mol. The van der Waals surface area contributed by atoms with E-state index >= 15 is 0 Å². The molecule has 2 aromatic heterocycles. The van der Waals surface area contributed by atoms with Gasteiger partial charge in [0.2, 0.25) is 0 Å². The standard InChI is InChI=1S/C30H36N2O8/c1-7-37-25(33)29(26(34)38-8-2)13-19-11-17(5)31-23(21(19)15-29)24-22-16-30(27(35)39-9-3,28(36)40-10-4)14-20(22)12-18(6)32-24/h11-12H,7-10,13-16H2,1-6H3. The lowest BCUT2D eigenvalue weighted by Crippen LogP contribution is -2.43. The molecule has 214 valence electrons. The summed E-state index contributed by atoms with van der Waals surface area (Å²) in [6, 6.07) is 3.72. The Hall–Kier alpha value is -3.82. The number of carbonyl (C=O) groups is 4. The highest BCUT2D eigenvalue weighted by Gasteiger charge is 2.56. The zero-order chi connectivity index (χ0) is 29.2. The molecular weight excluding hydrogens is 516 g/mol. The fourth-order valence-electron chi connectivity index (χ4n) is 5.84. The van der Waals surface area contributed by atoms with Crippen LogP contribution in [-0.4, -0.2) is 60.3 Å². The quantitative estimate of drug-likeness (QED) is 0.260. The van der Waals surface area contributed by atoms with E-state index in [1.807, 2.05) is 26.0 Å². The van der Waals surface area contributed by atoms with E-state index in [0.717, 1.165) is 11.1 Å². The molecule has 2 aromatic rings. The van der Waals surface area contributed by atoms with Gasteiger partial charge in [0.05, 0.1) is 37.8 Å². The van der Waals surface area contributed by atoms with Crippen molar-refractivity contribution in [2.24, 2.45) is 10.8 Å². The first-order valence-electron chi connectivity index (χ1n) is 13.7. The summed E-state index contributed by atoms with van der Waals surface area (Å²) >= 11 is 0. The Morgan fingerprint density at radius 3 is 1.18 bits per heavy atom. The van der Waals surface area contributed by atoms with Gasteiger partial charge in [0, 0.05) is 24.2 Å². The molecular formula is C30H36N2O8. The number of fused-ring (bicyclic) bond motifs is 2. The highest BCUT2D eigenvalue weighted by molar-refractivity contribution is 6.03. The second-order valence-corrected chi connectivity index (χ2v) is 10.3. The maximum absolute atomic E-state index is 13.2. The van der Waals surface area contributed by atoms with Crippen LogP contribution >= 0.6 is 0 Å². The average molecular weight is 553 g/mol. The topological polar surface area (TPSA) is 131 Å². The number of aromatic nitrogens is 2. The highest BCUT2D eigenvalue weighted by atomic mass is 16.6. The van der Waals surface area contributed by atoms with Crippen molar-refractivity contribution in [2.75, 3.05) is 26.4 Å². The highest BCUT2D eigenvalue weighted by Crippen LogP contribution is 2.47. The summed E-state index contributed by atoms with van der Waals surface area (Å²) in [5.74, 6) is -2.56. The van der Waals surface area contributed by atoms with Crippen molar-refractivity contribution >= 4 is 23.9 Å². The lowest BCUT2D eigenvalue weighted by Gasteiger charge is -2.24. The zero-order valence-electron chi connectivity index (χ0n) is 24.0. The number of aryl methyl sites for hydroxylation is 2. The predicted molar refractivity (Wildman–Crippen MR) is 143 cm³/mol. The first-order valence-corrected chi connectivity index (χ1v) is 13.7. The van der Waals surface area contributed by atoms with E-state index in [4.69, 9.17) is 28.9 Å². The first-order chi connectivity index (χ1) is 19.1. The molecule has 0 N–H and O–H groups in total. The molecule has 10 heteroatoms. The molecule has 0 fully saturated rings. The molecule has 0 aromatic carbocycles. The van der Waals surface area contributed by atoms with Crippen molar-refractivity contribution in [1.29, 1.82) is 0 Å². The van der Waals surface area contributed by atoms with Crippen LogP contribution < -0.4 is 0 Å². The molecule has 2 aliphatic rings. The Morgan fingerprint density at radius 2 is 0.900 bits per heavy atom. The minimum Gasteiger partial charge on any atom is -0.465 e. The van der Waals surface area contributed by atoms with Gasteiger partial charge in [-0.3, -0.25) is 29.1 Å². The molecule has 0 spiro atoms. The van der Waals surface area contributed by atoms with Crippen LogP contribution in [-0.2, 0) is 63.8 Å². The third-order valence-corrected chi connectivity index (χ3v) is 7.52. The van der Waals surface area contributed by atoms with Crippen LogP contribution in [0, 0.1) is 24.7 Å². The number of rotatable bonds is 9. The number of carbonyl (C=O) groups excluding carboxylic acids is 4. The summed E-state index contributed by atoms with van der Waals surface area (Å²) < 4.78 is 21.4. The number of esters is 4. The molecule has 0 bridgehead atoms. The van der Waals surface area contributed by atoms with E-state index in [9.17, 15) is 19.2 Å². The van der Waals surface area contributed by atoms with Gasteiger partial charge in [-0.25, -0.2) is 0 Å². The van der Waals surface area contributed by atoms with Crippen LogP contribution in [0.1, 0.15) is 61.3 Å². The van der Waals surface area contributed by atoms with Crippen LogP contribution in [0.15, 0.2) is 12.1 Å². The van der Waals surface area contributed by atoms with Crippen molar-refractivity contribution in [1.82, 2.24) is 9.97 Å². The lowest BCUT2D eigenvalue weighted by atomic mass is 9.84. The van der Waals surface area contributed by atoms with E-state index in [0.29, 0.717) is 33.9 Å². The Balaban J connectivity index is 1.88. The maximum atomic E-state index is 13.2. The van der Waals surface area contributed by atoms with Crippen molar-refractivity contribution in [2.45, 2.75) is 67.2 Å². The van der Waals surface area contributed by atoms with E-state index in [-0.39, 0.29) is 52.1 Å². The molecule has 2 heterocycles. The van der Waals surface area contributed by atoms with Crippen molar-refractivity contribution < 1.29 is 38.1 Å². The van der Waals surface area contributed by atoms with Crippen molar-refractivity contribution in [3.63, 3.8) is 0 Å². The Kier molecular flexibility index (Phi) is 8.28. The second kappa shape index (κ2) is 11.3. The number of ether oxygens (including phenoxy) is 4. The van der Waals surface area contributed by atoms with Crippen LogP contribution in [0.3, 0.4) is 0 Å². The van der Waals surface area contributed by atoms with E-state index in [1.165, 1.54) is 0 Å². The summed E-state index contributed by atoms with van der Waals surface area (Å²) in [4.78, 5) is 62.5. The van der Waals surface area contributed by atoms with E-state index in [2.05, 4.69) is 0 Å². The van der Waals surface area contributed by atoms with Gasteiger partial charge < -0.3 is 18.9 Å². The van der Waals surface area contributed by atoms with Gasteiger partial charge in [0.25, 0.3) is 0 Å². The molecule has 0 saturated heterocycles. The predicted octanol–water partition coefficient (Wildman–Crippen LogP) is 3.18. The Morgan fingerprint density at radius 1 is 0.600 bits per heavy atom. The summed E-state index contributed by atoms with van der Waals surface area (Å²) in [6.07, 6.45) is 0.293. The summed E-state index contributed by atoms with van der Waals surface area (Å²) in [6.45, 7) is 10.9. The molecule has 0 unspecified atom stereocenters. The van der Waals surface area contributed by atoms with Gasteiger partial charge in [-0.2, -0.15) is 0 Å². The summed E-state index contributed by atoms with van der Waals surface area (Å²) in [5.41, 5.74) is 2.23. The minimum absolute atomic E-state index is 0.0356. The van der Waals surface area contributed by atoms with Crippen LogP contribution in [0.25, 0.3) is 11.4 Å². The molecule has 4 rings (SSSR count). The molecule has 40 heavy (non-hydrogen) atoms. The van der Waals surface area contributed by atoms with Gasteiger partial charge in [-0.15, -0.1) is 0 Å². The lowest BCUT2D eigenvalue weighted by molar-refractivity contribution is -0.173. The van der Waals surface area contributed by atoms with Gasteiger partial charge in [0.15, 0.2) is 10.8 Å². The molecule has 10 nitrogen and oxygen atoms in total. The average Bonchev–Trinajstić information content (AvgIpc) is 3.49. The third kappa shape index (κ3) is 4.84. The second-order valence-electron chi connectivity index (χ2n) is 10.3. The van der Waals surface area contributed by atoms with E-state index in [1.54, 1.807) is 27.7 Å². The van der Waals surface area contributed by atoms with Crippen LogP contribution in [0.4, 0.5) is 0 Å². The smallest absolute Gasteiger partial charge is 0.324 e. The largest absolute Gasteiger partial charge is 0.465 e. The number of pyridine rings is 2. The van der Waals surface area contributed by atoms with Gasteiger partial charge in [-0.1, -0.05) is 0 Å². The normalized spacial score (nSPS) is 16.1. The van der Waals surface area contributed by atoms with Gasteiger partial charge >= 0.3 is 23.9 Å². The van der Waals surface area contributed by atoms with Crippen molar-refractivity contribution in [3.8, 4) is 11.4 Å². The third-order valence-electron chi connectivity index (χ3n) is 7.52. The fraction of sp³-hybridized carbons (Fsp3) is 0.533. The molecule has 2 aliphatic carbocycles. The maximum Gasteiger partial charge on any atom is 0.324 e. The van der Waals surface area contributed by atoms with E-state index < -0.39 is 34.7 Å². The molecule has 0 atom stereocenters. The van der Waals surface area contributed by atoms with Crippen LogP contribution in [0.2, 0.25) is 0 Å². The molecule has 0 amide bonds. The molecule has 0 aliphatic heterocycles. The fourth-order valence-corrected chi connectivity index (χ4v) is 5.84. The minimum atomic E-state index is -1.54.